The lowest BCUT2D eigenvalue weighted by molar-refractivity contribution is 0.00281. The summed E-state index contributed by atoms with van der Waals surface area (Å²) < 4.78 is 22.4. The fourth-order valence-electron chi connectivity index (χ4n) is 2.67. The first-order chi connectivity index (χ1) is 12.5. The molecule has 0 amide bonds. The molecule has 1 heterocycles. The van der Waals surface area contributed by atoms with Crippen molar-refractivity contribution in [3.8, 4) is 0 Å². The predicted octanol–water partition coefficient (Wildman–Crippen LogP) is 4.23. The fraction of sp³-hybridized carbons (Fsp3) is 0.882. The molecule has 0 fully saturated rings. The largest absolute Gasteiger partial charge is 0.501 e. The Morgan fingerprint density at radius 3 is 2.00 bits per heavy atom. The first kappa shape index (κ1) is 24.6. The molecule has 160 valence electrons. The van der Waals surface area contributed by atoms with Gasteiger partial charge in [-0.25, -0.2) is 9.30 Å². The van der Waals surface area contributed by atoms with Crippen molar-refractivity contribution in [2.24, 2.45) is 0 Å². The molecule has 0 aliphatic carbocycles. The predicted molar refractivity (Wildman–Crippen MR) is 119 cm³/mol. The molecule has 7 nitrogen and oxygen atoms in total. The van der Waals surface area contributed by atoms with Gasteiger partial charge in [-0.1, -0.05) is 0 Å². The summed E-state index contributed by atoms with van der Waals surface area (Å²) in [5, 5.41) is 5.09. The van der Waals surface area contributed by atoms with E-state index in [4.69, 9.17) is 13.3 Å². The smallest absolute Gasteiger partial charge is 0.371 e. The number of rotatable bonds is 12. The first-order valence-corrected chi connectivity index (χ1v) is 12.8. The minimum absolute atomic E-state index is 0.0863. The lowest BCUT2D eigenvalue weighted by Crippen LogP contribution is -2.50. The highest BCUT2D eigenvalue weighted by molar-refractivity contribution is 7.78. The van der Waals surface area contributed by atoms with Crippen molar-refractivity contribution in [3.63, 3.8) is 0 Å². The van der Waals surface area contributed by atoms with Crippen LogP contribution in [0.4, 0.5) is 0 Å². The summed E-state index contributed by atoms with van der Waals surface area (Å²) in [5.74, 6) is 0. The number of nitrogens with one attached hydrogen (secondary N) is 1. The van der Waals surface area contributed by atoms with E-state index in [0.29, 0.717) is 0 Å². The van der Waals surface area contributed by atoms with Crippen LogP contribution in [0, 0.1) is 0 Å². The van der Waals surface area contributed by atoms with E-state index in [2.05, 4.69) is 18.0 Å². The van der Waals surface area contributed by atoms with Gasteiger partial charge in [-0.2, -0.15) is 0 Å². The molecule has 27 heavy (non-hydrogen) atoms. The van der Waals surface area contributed by atoms with Crippen molar-refractivity contribution < 1.29 is 13.3 Å². The number of aromatic nitrogens is 3. The molecule has 1 aromatic heterocycles. The van der Waals surface area contributed by atoms with Crippen molar-refractivity contribution in [2.45, 2.75) is 85.2 Å². The van der Waals surface area contributed by atoms with Crippen LogP contribution in [0.3, 0.4) is 0 Å². The van der Waals surface area contributed by atoms with E-state index in [0.717, 1.165) is 25.3 Å². The van der Waals surface area contributed by atoms with Crippen LogP contribution in [-0.4, -0.2) is 54.7 Å². The van der Waals surface area contributed by atoms with Crippen molar-refractivity contribution in [1.29, 1.82) is 0 Å². The van der Waals surface area contributed by atoms with Gasteiger partial charge in [0.2, 0.25) is 0 Å². The average molecular weight is 439 g/mol. The molecular weight excluding hydrogens is 400 g/mol. The van der Waals surface area contributed by atoms with E-state index in [1.807, 2.05) is 71.0 Å². The quantitative estimate of drug-likeness (QED) is 0.291. The fourth-order valence-corrected chi connectivity index (χ4v) is 7.29. The molecule has 0 spiro atoms. The molecule has 0 aromatic carbocycles. The molecule has 1 N–H and O–H groups in total. The van der Waals surface area contributed by atoms with Crippen molar-refractivity contribution in [2.75, 3.05) is 19.1 Å². The Hall–Kier alpha value is -0.393. The number of thiol groups is 1. The van der Waals surface area contributed by atoms with Crippen molar-refractivity contribution in [3.05, 3.63) is 11.1 Å². The van der Waals surface area contributed by atoms with Crippen molar-refractivity contribution in [1.82, 2.24) is 13.5 Å². The van der Waals surface area contributed by atoms with E-state index in [1.54, 1.807) is 15.6 Å². The number of hydrogen-bond donors (Lipinski definition) is 2. The van der Waals surface area contributed by atoms with Crippen LogP contribution in [0.15, 0.2) is 6.20 Å². The minimum atomic E-state index is -2.70. The Balaban J connectivity index is 2.75. The SMILES string of the molecule is CC(C)O[Si](CCCCc1cn(S)[nH]n(N(C)C)s1)(OC(C)C)OC(C)C. The van der Waals surface area contributed by atoms with Gasteiger partial charge in [0, 0.05) is 49.5 Å². The average Bonchev–Trinajstić information content (AvgIpc) is 2.48. The summed E-state index contributed by atoms with van der Waals surface area (Å²) in [6.07, 6.45) is 5.29. The summed E-state index contributed by atoms with van der Waals surface area (Å²) in [5.41, 5.74) is 0. The van der Waals surface area contributed by atoms with Gasteiger partial charge < -0.3 is 13.3 Å². The van der Waals surface area contributed by atoms with Crippen LogP contribution < -0.4 is 5.01 Å². The van der Waals surface area contributed by atoms with E-state index in [9.17, 15) is 0 Å². The molecule has 0 bridgehead atoms. The van der Waals surface area contributed by atoms with Gasteiger partial charge in [-0.15, -0.1) is 4.18 Å². The molecule has 10 heteroatoms. The van der Waals surface area contributed by atoms with Crippen LogP contribution in [0.1, 0.15) is 59.3 Å². The van der Waals surface area contributed by atoms with Crippen LogP contribution in [0.5, 0.6) is 0 Å². The Labute approximate surface area is 175 Å². The van der Waals surface area contributed by atoms with Gasteiger partial charge >= 0.3 is 8.80 Å². The van der Waals surface area contributed by atoms with Gasteiger partial charge in [-0.3, -0.25) is 5.01 Å². The number of unbranched alkanes of at least 4 members (excludes halogenated alkanes) is 1. The van der Waals surface area contributed by atoms with Crippen LogP contribution in [-0.2, 0) is 19.7 Å². The number of aromatic amines is 1. The standard InChI is InChI=1S/C17H38N4O3S2Si/c1-14(2)22-27(23-15(3)4,24-16(5)6)12-10-9-11-17-13-20(25)18-21(26-17)19(7)8/h13-16,18,25H,9-12H2,1-8H3. The number of aryl methyl sites for hydroxylation is 1. The zero-order chi connectivity index (χ0) is 20.6. The molecule has 0 unspecified atom stereocenters. The summed E-state index contributed by atoms with van der Waals surface area (Å²) in [7, 11) is 1.27. The molecule has 1 rings (SSSR count). The van der Waals surface area contributed by atoms with Crippen molar-refractivity contribution >= 4 is 33.2 Å². The van der Waals surface area contributed by atoms with Gasteiger partial charge in [0.15, 0.2) is 0 Å². The van der Waals surface area contributed by atoms with Gasteiger partial charge in [-0.05, 0) is 85.2 Å². The second kappa shape index (κ2) is 11.6. The highest BCUT2D eigenvalue weighted by Gasteiger charge is 2.43. The summed E-state index contributed by atoms with van der Waals surface area (Å²) >= 11 is 6.06. The Morgan fingerprint density at radius 2 is 1.56 bits per heavy atom. The zero-order valence-corrected chi connectivity index (χ0v) is 20.8. The molecule has 1 aromatic rings. The third kappa shape index (κ3) is 9.57. The maximum absolute atomic E-state index is 6.25. The molecule has 0 saturated heterocycles. The maximum atomic E-state index is 6.25. The molecule has 0 aliphatic heterocycles. The second-order valence-electron chi connectivity index (χ2n) is 7.64. The van der Waals surface area contributed by atoms with Crippen LogP contribution in [0.25, 0.3) is 0 Å². The molecule has 0 radical (unpaired) electrons. The van der Waals surface area contributed by atoms with Gasteiger partial charge in [0.1, 0.15) is 0 Å². The van der Waals surface area contributed by atoms with E-state index in [1.165, 1.54) is 4.88 Å². The number of nitrogens with zero attached hydrogens (tertiary/aromatic N) is 3. The first-order valence-electron chi connectivity index (χ1n) is 9.67. The summed E-state index contributed by atoms with van der Waals surface area (Å²) in [6, 6.07) is 0.833. The third-order valence-corrected chi connectivity index (χ3v) is 8.21. The number of H-pyrrole nitrogens is 1. The van der Waals surface area contributed by atoms with E-state index in [-0.39, 0.29) is 18.3 Å². The summed E-state index contributed by atoms with van der Waals surface area (Å²) in [6.45, 7) is 12.3. The van der Waals surface area contributed by atoms with E-state index < -0.39 is 8.80 Å². The third-order valence-electron chi connectivity index (χ3n) is 3.42. The lowest BCUT2D eigenvalue weighted by Gasteiger charge is -2.34. The van der Waals surface area contributed by atoms with Crippen LogP contribution in [0.2, 0.25) is 6.04 Å². The highest BCUT2D eigenvalue weighted by atomic mass is 32.1. The normalized spacial score (nSPS) is 12.4. The van der Waals surface area contributed by atoms with E-state index >= 15 is 0 Å². The monoisotopic (exact) mass is 438 g/mol. The van der Waals surface area contributed by atoms with Crippen LogP contribution >= 0.6 is 24.3 Å². The maximum Gasteiger partial charge on any atom is 0.501 e. The number of hydrogen-bond acceptors (Lipinski definition) is 6. The molecule has 0 atom stereocenters. The lowest BCUT2D eigenvalue weighted by atomic mass is 10.2. The Kier molecular flexibility index (Phi) is 10.6. The van der Waals surface area contributed by atoms with Gasteiger partial charge in [0.25, 0.3) is 0 Å². The highest BCUT2D eigenvalue weighted by Crippen LogP contribution is 2.25. The minimum Gasteiger partial charge on any atom is -0.371 e. The summed E-state index contributed by atoms with van der Waals surface area (Å²) in [4.78, 5) is 1.25. The molecule has 0 saturated carbocycles. The Morgan fingerprint density at radius 1 is 1.04 bits per heavy atom. The molecule has 0 aliphatic rings. The zero-order valence-electron chi connectivity index (χ0n) is 18.1. The Bertz CT molecular complexity index is 551. The van der Waals surface area contributed by atoms with Gasteiger partial charge in [0.05, 0.1) is 0 Å². The molecular formula is C17H38N4O3S2Si. The topological polar surface area (TPSA) is 56.6 Å². The second-order valence-corrected chi connectivity index (χ2v) is 11.7.